The van der Waals surface area contributed by atoms with Crippen LogP contribution in [-0.4, -0.2) is 16.4 Å². The zero-order chi connectivity index (χ0) is 19.9. The van der Waals surface area contributed by atoms with Crippen LogP contribution in [0.2, 0.25) is 0 Å². The van der Waals surface area contributed by atoms with E-state index < -0.39 is 0 Å². The van der Waals surface area contributed by atoms with Crippen LogP contribution in [0.15, 0.2) is 66.7 Å². The lowest BCUT2D eigenvalue weighted by atomic mass is 10.0. The lowest BCUT2D eigenvalue weighted by Crippen LogP contribution is -2.37. The first-order valence-electron chi connectivity index (χ1n) is 9.56. The molecule has 1 amide bonds. The number of aryl methyl sites for hydroxylation is 1. The fourth-order valence-corrected chi connectivity index (χ4v) is 3.31. The van der Waals surface area contributed by atoms with E-state index in [1.165, 1.54) is 18.4 Å². The molecule has 1 aromatic heterocycles. The molecular weight excluding hydrogens is 348 g/mol. The largest absolute Gasteiger partial charge is 0.370 e. The Bertz CT molecular complexity index is 942. The molecule has 1 heterocycles. The van der Waals surface area contributed by atoms with Gasteiger partial charge in [0.25, 0.3) is 0 Å². The number of hydrogen-bond donors (Lipinski definition) is 3. The third-order valence-corrected chi connectivity index (χ3v) is 4.69. The summed E-state index contributed by atoms with van der Waals surface area (Å²) in [7, 11) is 0. The zero-order valence-corrected chi connectivity index (χ0v) is 16.1. The average Bonchev–Trinajstić information content (AvgIpc) is 3.10. The number of amides is 1. The standard InChI is InChI=1S/C23H26N4O/c1-2-3-7-17-10-12-19(13-11-17)21-15-14-20(18-8-5-4-6-9-18)27(21)16-22(28)26-23(24)25/h4-6,8-15H,2-3,7,16H2,1H3,(H4,24,25,26,28). The molecule has 28 heavy (non-hydrogen) atoms. The summed E-state index contributed by atoms with van der Waals surface area (Å²) in [6.45, 7) is 2.28. The lowest BCUT2D eigenvalue weighted by Gasteiger charge is -2.14. The molecule has 0 radical (unpaired) electrons. The normalized spacial score (nSPS) is 10.6. The average molecular weight is 374 g/mol. The Balaban J connectivity index is 1.97. The van der Waals surface area contributed by atoms with Gasteiger partial charge >= 0.3 is 0 Å². The minimum absolute atomic E-state index is 0.0870. The van der Waals surface area contributed by atoms with Crippen LogP contribution in [0.5, 0.6) is 0 Å². The summed E-state index contributed by atoms with van der Waals surface area (Å²) in [6.07, 6.45) is 3.43. The molecule has 0 aliphatic carbocycles. The minimum Gasteiger partial charge on any atom is -0.370 e. The summed E-state index contributed by atoms with van der Waals surface area (Å²) in [6, 6.07) is 22.5. The van der Waals surface area contributed by atoms with Crippen molar-refractivity contribution in [3.8, 4) is 22.5 Å². The summed E-state index contributed by atoms with van der Waals surface area (Å²) >= 11 is 0. The van der Waals surface area contributed by atoms with Crippen molar-refractivity contribution in [3.63, 3.8) is 0 Å². The Hall–Kier alpha value is -3.34. The van der Waals surface area contributed by atoms with Gasteiger partial charge in [0, 0.05) is 11.4 Å². The monoisotopic (exact) mass is 374 g/mol. The van der Waals surface area contributed by atoms with Gasteiger partial charge in [-0.2, -0.15) is 0 Å². The topological polar surface area (TPSA) is 83.9 Å². The number of aromatic nitrogens is 1. The number of nitrogens with one attached hydrogen (secondary N) is 2. The second-order valence-electron chi connectivity index (χ2n) is 6.82. The number of benzene rings is 2. The van der Waals surface area contributed by atoms with E-state index in [2.05, 4.69) is 36.5 Å². The summed E-state index contributed by atoms with van der Waals surface area (Å²) < 4.78 is 1.97. The maximum atomic E-state index is 12.3. The molecule has 2 aromatic carbocycles. The summed E-state index contributed by atoms with van der Waals surface area (Å²) in [5, 5.41) is 9.68. The molecule has 5 nitrogen and oxygen atoms in total. The van der Waals surface area contributed by atoms with Crippen LogP contribution in [0.1, 0.15) is 25.3 Å². The highest BCUT2D eigenvalue weighted by Gasteiger charge is 2.15. The van der Waals surface area contributed by atoms with Crippen molar-refractivity contribution >= 4 is 11.9 Å². The van der Waals surface area contributed by atoms with E-state index in [1.807, 2.05) is 47.0 Å². The zero-order valence-electron chi connectivity index (χ0n) is 16.1. The highest BCUT2D eigenvalue weighted by molar-refractivity contribution is 5.95. The van der Waals surface area contributed by atoms with E-state index in [9.17, 15) is 4.79 Å². The molecule has 3 rings (SSSR count). The predicted molar refractivity (Wildman–Crippen MR) is 114 cm³/mol. The van der Waals surface area contributed by atoms with Crippen LogP contribution in [0.3, 0.4) is 0 Å². The van der Waals surface area contributed by atoms with E-state index in [0.717, 1.165) is 28.9 Å². The molecule has 0 fully saturated rings. The highest BCUT2D eigenvalue weighted by Crippen LogP contribution is 2.29. The van der Waals surface area contributed by atoms with Crippen molar-refractivity contribution < 1.29 is 4.79 Å². The first-order chi connectivity index (χ1) is 13.6. The van der Waals surface area contributed by atoms with Crippen molar-refractivity contribution in [1.29, 1.82) is 5.41 Å². The van der Waals surface area contributed by atoms with Crippen LogP contribution in [0.4, 0.5) is 0 Å². The number of nitrogens with two attached hydrogens (primary N) is 1. The van der Waals surface area contributed by atoms with E-state index in [0.29, 0.717) is 0 Å². The molecule has 4 N–H and O–H groups in total. The smallest absolute Gasteiger partial charge is 0.246 e. The van der Waals surface area contributed by atoms with E-state index >= 15 is 0 Å². The number of nitrogens with zero attached hydrogens (tertiary/aromatic N) is 1. The fourth-order valence-electron chi connectivity index (χ4n) is 3.31. The fraction of sp³-hybridized carbons (Fsp3) is 0.217. The van der Waals surface area contributed by atoms with Crippen molar-refractivity contribution in [2.75, 3.05) is 0 Å². The Morgan fingerprint density at radius 2 is 1.57 bits per heavy atom. The molecule has 0 atom stereocenters. The number of guanidine groups is 1. The predicted octanol–water partition coefficient (Wildman–Crippen LogP) is 4.17. The summed E-state index contributed by atoms with van der Waals surface area (Å²) in [4.78, 5) is 12.3. The molecule has 3 aromatic rings. The van der Waals surface area contributed by atoms with E-state index in [-0.39, 0.29) is 18.4 Å². The van der Waals surface area contributed by atoms with Crippen LogP contribution < -0.4 is 11.1 Å². The van der Waals surface area contributed by atoms with Crippen molar-refractivity contribution in [2.24, 2.45) is 5.73 Å². The lowest BCUT2D eigenvalue weighted by molar-refractivity contribution is -0.120. The maximum Gasteiger partial charge on any atom is 0.246 e. The number of carbonyl (C=O) groups is 1. The molecule has 144 valence electrons. The van der Waals surface area contributed by atoms with Crippen LogP contribution in [0.25, 0.3) is 22.5 Å². The Morgan fingerprint density at radius 1 is 0.964 bits per heavy atom. The van der Waals surface area contributed by atoms with E-state index in [4.69, 9.17) is 11.1 Å². The van der Waals surface area contributed by atoms with Gasteiger partial charge in [0.2, 0.25) is 5.91 Å². The van der Waals surface area contributed by atoms with Gasteiger partial charge in [-0.25, -0.2) is 0 Å². The number of carbonyl (C=O) groups excluding carboxylic acids is 1. The number of unbranched alkanes of at least 4 members (excludes halogenated alkanes) is 1. The third kappa shape index (κ3) is 4.68. The van der Waals surface area contributed by atoms with Crippen LogP contribution >= 0.6 is 0 Å². The molecular formula is C23H26N4O. The van der Waals surface area contributed by atoms with Crippen molar-refractivity contribution in [3.05, 3.63) is 72.3 Å². The van der Waals surface area contributed by atoms with Gasteiger partial charge < -0.3 is 10.3 Å². The van der Waals surface area contributed by atoms with Gasteiger partial charge in [0.1, 0.15) is 6.54 Å². The first kappa shape index (κ1) is 19.4. The first-order valence-corrected chi connectivity index (χ1v) is 9.56. The Kier molecular flexibility index (Phi) is 6.27. The van der Waals surface area contributed by atoms with Gasteiger partial charge in [0.15, 0.2) is 5.96 Å². The molecule has 0 saturated carbocycles. The summed E-state index contributed by atoms with van der Waals surface area (Å²) in [5.41, 5.74) is 10.6. The van der Waals surface area contributed by atoms with Gasteiger partial charge in [-0.15, -0.1) is 0 Å². The molecule has 0 aliphatic heterocycles. The molecule has 0 unspecified atom stereocenters. The van der Waals surface area contributed by atoms with Gasteiger partial charge in [0.05, 0.1) is 0 Å². The van der Waals surface area contributed by atoms with Crippen LogP contribution in [0, 0.1) is 5.41 Å². The highest BCUT2D eigenvalue weighted by atomic mass is 16.2. The van der Waals surface area contributed by atoms with Crippen LogP contribution in [-0.2, 0) is 17.8 Å². The molecule has 0 saturated heterocycles. The molecule has 5 heteroatoms. The second-order valence-corrected chi connectivity index (χ2v) is 6.82. The Labute approximate surface area is 165 Å². The minimum atomic E-state index is -0.347. The molecule has 0 spiro atoms. The molecule has 0 aliphatic rings. The number of hydrogen-bond acceptors (Lipinski definition) is 2. The number of rotatable bonds is 7. The second kappa shape index (κ2) is 9.04. The molecule has 0 bridgehead atoms. The van der Waals surface area contributed by atoms with Gasteiger partial charge in [-0.3, -0.25) is 15.5 Å². The van der Waals surface area contributed by atoms with Gasteiger partial charge in [-0.05, 0) is 41.7 Å². The SMILES string of the molecule is CCCCc1ccc(-c2ccc(-c3ccccc3)n2CC(=O)NC(=N)N)cc1. The maximum absolute atomic E-state index is 12.3. The Morgan fingerprint density at radius 3 is 2.14 bits per heavy atom. The third-order valence-electron chi connectivity index (χ3n) is 4.69. The summed E-state index contributed by atoms with van der Waals surface area (Å²) in [5.74, 6) is -0.665. The van der Waals surface area contributed by atoms with E-state index in [1.54, 1.807) is 0 Å². The van der Waals surface area contributed by atoms with Crippen molar-refractivity contribution in [2.45, 2.75) is 32.7 Å². The van der Waals surface area contributed by atoms with Gasteiger partial charge in [-0.1, -0.05) is 67.9 Å². The quantitative estimate of drug-likeness (QED) is 0.428. The van der Waals surface area contributed by atoms with Crippen molar-refractivity contribution in [1.82, 2.24) is 9.88 Å².